The lowest BCUT2D eigenvalue weighted by molar-refractivity contribution is -0.111. The van der Waals surface area contributed by atoms with Gasteiger partial charge in [0.15, 0.2) is 0 Å². The molecule has 1 saturated heterocycles. The zero-order valence-corrected chi connectivity index (χ0v) is 20.0. The first kappa shape index (κ1) is 23.6. The van der Waals surface area contributed by atoms with E-state index in [1.807, 2.05) is 53.5 Å². The van der Waals surface area contributed by atoms with E-state index < -0.39 is 0 Å². The fourth-order valence-electron chi connectivity index (χ4n) is 4.11. The van der Waals surface area contributed by atoms with E-state index in [9.17, 15) is 4.79 Å². The van der Waals surface area contributed by atoms with Crippen molar-refractivity contribution in [3.63, 3.8) is 0 Å². The normalized spacial score (nSPS) is 14.2. The van der Waals surface area contributed by atoms with Gasteiger partial charge in [0.25, 0.3) is 0 Å². The molecule has 4 aromatic rings. The second-order valence-electron chi connectivity index (χ2n) is 8.62. The van der Waals surface area contributed by atoms with Crippen LogP contribution in [0, 0.1) is 0 Å². The zero-order valence-electron chi connectivity index (χ0n) is 20.0. The molecule has 1 N–H and O–H groups in total. The van der Waals surface area contributed by atoms with Gasteiger partial charge in [-0.3, -0.25) is 24.3 Å². The second kappa shape index (κ2) is 11.5. The maximum atomic E-state index is 12.6. The Balaban J connectivity index is 1.21. The summed E-state index contributed by atoms with van der Waals surface area (Å²) in [6.07, 6.45) is 12.3. The first-order valence-electron chi connectivity index (χ1n) is 12.0. The number of ether oxygens (including phenoxy) is 1. The molecule has 1 aliphatic heterocycles. The van der Waals surface area contributed by atoms with Crippen LogP contribution in [0.2, 0.25) is 0 Å². The van der Waals surface area contributed by atoms with E-state index in [0.717, 1.165) is 60.9 Å². The van der Waals surface area contributed by atoms with Gasteiger partial charge < -0.3 is 10.1 Å². The summed E-state index contributed by atoms with van der Waals surface area (Å²) >= 11 is 0. The Kier molecular flexibility index (Phi) is 7.55. The fourth-order valence-corrected chi connectivity index (χ4v) is 4.11. The third kappa shape index (κ3) is 6.29. The summed E-state index contributed by atoms with van der Waals surface area (Å²) in [5.74, 6) is -0.198. The molecule has 36 heavy (non-hydrogen) atoms. The van der Waals surface area contributed by atoms with E-state index in [4.69, 9.17) is 4.74 Å². The van der Waals surface area contributed by atoms with Gasteiger partial charge in [0.1, 0.15) is 0 Å². The van der Waals surface area contributed by atoms with Gasteiger partial charge in [-0.2, -0.15) is 5.10 Å². The van der Waals surface area contributed by atoms with Crippen LogP contribution >= 0.6 is 0 Å². The van der Waals surface area contributed by atoms with Crippen molar-refractivity contribution in [2.45, 2.75) is 13.1 Å². The Morgan fingerprint density at radius 2 is 1.86 bits per heavy atom. The van der Waals surface area contributed by atoms with Crippen LogP contribution in [0.3, 0.4) is 0 Å². The number of hydrogen-bond acceptors (Lipinski definition) is 6. The van der Waals surface area contributed by atoms with Crippen LogP contribution in [-0.4, -0.2) is 56.9 Å². The van der Waals surface area contributed by atoms with Crippen LogP contribution in [0.4, 0.5) is 5.69 Å². The molecule has 0 saturated carbocycles. The van der Waals surface area contributed by atoms with Crippen molar-refractivity contribution >= 4 is 17.7 Å². The lowest BCUT2D eigenvalue weighted by Gasteiger charge is -2.26. The predicted molar refractivity (Wildman–Crippen MR) is 139 cm³/mol. The molecule has 182 valence electrons. The maximum Gasteiger partial charge on any atom is 0.248 e. The van der Waals surface area contributed by atoms with E-state index in [0.29, 0.717) is 6.54 Å². The molecule has 0 radical (unpaired) electrons. The molecule has 1 amide bonds. The number of amides is 1. The van der Waals surface area contributed by atoms with Crippen LogP contribution in [-0.2, 0) is 22.6 Å². The van der Waals surface area contributed by atoms with Crippen molar-refractivity contribution in [1.29, 1.82) is 0 Å². The molecule has 0 bridgehead atoms. The Bertz CT molecular complexity index is 1310. The predicted octanol–water partition coefficient (Wildman–Crippen LogP) is 3.87. The lowest BCUT2D eigenvalue weighted by Crippen LogP contribution is -2.35. The Labute approximate surface area is 210 Å². The fraction of sp³-hybridized carbons (Fsp3) is 0.214. The van der Waals surface area contributed by atoms with Gasteiger partial charge in [-0.1, -0.05) is 18.2 Å². The molecule has 1 aromatic carbocycles. The standard InChI is InChI=1S/C28H28N6O2/c35-28(32-25-7-4-22(5-8-25)19-33-13-15-36-16-14-33)9-6-23-17-29-12-10-27(23)24-18-31-34(20-24)21-26-3-1-2-11-30-26/h1-12,17-18,20H,13-16,19,21H2,(H,32,35). The average molecular weight is 481 g/mol. The molecule has 1 aliphatic rings. The minimum Gasteiger partial charge on any atom is -0.379 e. The van der Waals surface area contributed by atoms with Gasteiger partial charge in [0.05, 0.1) is 31.6 Å². The molecule has 8 heteroatoms. The molecule has 0 atom stereocenters. The smallest absolute Gasteiger partial charge is 0.248 e. The highest BCUT2D eigenvalue weighted by Crippen LogP contribution is 2.24. The number of morpholine rings is 1. The minimum atomic E-state index is -0.198. The molecule has 0 unspecified atom stereocenters. The molecule has 5 rings (SSSR count). The molecule has 0 aliphatic carbocycles. The number of aromatic nitrogens is 4. The van der Waals surface area contributed by atoms with Crippen molar-refractivity contribution < 1.29 is 9.53 Å². The number of nitrogens with zero attached hydrogens (tertiary/aromatic N) is 5. The number of rotatable bonds is 8. The number of anilines is 1. The Morgan fingerprint density at radius 1 is 1.00 bits per heavy atom. The topological polar surface area (TPSA) is 85.2 Å². The summed E-state index contributed by atoms with van der Waals surface area (Å²) in [7, 11) is 0. The highest BCUT2D eigenvalue weighted by molar-refractivity contribution is 6.02. The maximum absolute atomic E-state index is 12.6. The Morgan fingerprint density at radius 3 is 2.67 bits per heavy atom. The summed E-state index contributed by atoms with van der Waals surface area (Å²) in [4.78, 5) is 23.5. The van der Waals surface area contributed by atoms with Gasteiger partial charge >= 0.3 is 0 Å². The molecular weight excluding hydrogens is 452 g/mol. The van der Waals surface area contributed by atoms with Crippen molar-refractivity contribution in [1.82, 2.24) is 24.6 Å². The summed E-state index contributed by atoms with van der Waals surface area (Å²) in [6, 6.07) is 15.7. The van der Waals surface area contributed by atoms with Crippen LogP contribution in [0.1, 0.15) is 16.8 Å². The number of hydrogen-bond donors (Lipinski definition) is 1. The van der Waals surface area contributed by atoms with Gasteiger partial charge in [-0.25, -0.2) is 0 Å². The number of carbonyl (C=O) groups is 1. The van der Waals surface area contributed by atoms with E-state index >= 15 is 0 Å². The monoisotopic (exact) mass is 480 g/mol. The van der Waals surface area contributed by atoms with E-state index in [-0.39, 0.29) is 5.91 Å². The third-order valence-electron chi connectivity index (χ3n) is 5.99. The molecular formula is C28H28N6O2. The van der Waals surface area contributed by atoms with Crippen molar-refractivity contribution in [3.05, 3.63) is 102 Å². The summed E-state index contributed by atoms with van der Waals surface area (Å²) < 4.78 is 7.25. The van der Waals surface area contributed by atoms with Crippen molar-refractivity contribution in [3.8, 4) is 11.1 Å². The first-order valence-corrected chi connectivity index (χ1v) is 12.0. The largest absolute Gasteiger partial charge is 0.379 e. The lowest BCUT2D eigenvalue weighted by atomic mass is 10.0. The van der Waals surface area contributed by atoms with Crippen molar-refractivity contribution in [2.24, 2.45) is 0 Å². The Hall–Kier alpha value is -4.14. The quantitative estimate of drug-likeness (QED) is 0.386. The van der Waals surface area contributed by atoms with E-state index in [1.54, 1.807) is 24.7 Å². The highest BCUT2D eigenvalue weighted by atomic mass is 16.5. The average Bonchev–Trinajstić information content (AvgIpc) is 3.38. The zero-order chi connectivity index (χ0) is 24.6. The van der Waals surface area contributed by atoms with Crippen LogP contribution in [0.25, 0.3) is 17.2 Å². The number of nitrogens with one attached hydrogen (secondary N) is 1. The minimum absolute atomic E-state index is 0.198. The summed E-state index contributed by atoms with van der Waals surface area (Å²) in [5, 5.41) is 7.40. The van der Waals surface area contributed by atoms with E-state index in [2.05, 4.69) is 37.4 Å². The van der Waals surface area contributed by atoms with Crippen LogP contribution < -0.4 is 5.32 Å². The highest BCUT2D eigenvalue weighted by Gasteiger charge is 2.11. The molecule has 3 aromatic heterocycles. The van der Waals surface area contributed by atoms with E-state index in [1.165, 1.54) is 11.6 Å². The number of benzene rings is 1. The van der Waals surface area contributed by atoms with Gasteiger partial charge in [0, 0.05) is 67.3 Å². The van der Waals surface area contributed by atoms with Crippen molar-refractivity contribution in [2.75, 3.05) is 31.6 Å². The van der Waals surface area contributed by atoms with Gasteiger partial charge in [-0.15, -0.1) is 0 Å². The van der Waals surface area contributed by atoms with Crippen LogP contribution in [0.5, 0.6) is 0 Å². The molecule has 0 spiro atoms. The SMILES string of the molecule is O=C(C=Cc1cnccc1-c1cnn(Cc2ccccn2)c1)Nc1ccc(CN2CCOCC2)cc1. The summed E-state index contributed by atoms with van der Waals surface area (Å²) in [5.41, 5.74) is 5.66. The summed E-state index contributed by atoms with van der Waals surface area (Å²) in [6.45, 7) is 4.94. The second-order valence-corrected chi connectivity index (χ2v) is 8.62. The molecule has 1 fully saturated rings. The number of pyridine rings is 2. The van der Waals surface area contributed by atoms with Gasteiger partial charge in [-0.05, 0) is 47.5 Å². The van der Waals surface area contributed by atoms with Gasteiger partial charge in [0.2, 0.25) is 5.91 Å². The molecule has 4 heterocycles. The number of carbonyl (C=O) groups excluding carboxylic acids is 1. The third-order valence-corrected chi connectivity index (χ3v) is 5.99. The molecule has 8 nitrogen and oxygen atoms in total. The first-order chi connectivity index (χ1) is 17.7. The van der Waals surface area contributed by atoms with Crippen LogP contribution in [0.15, 0.2) is 85.6 Å².